The summed E-state index contributed by atoms with van der Waals surface area (Å²) in [4.78, 5) is 11.7. The number of hydrogen-bond acceptors (Lipinski definition) is 5. The molecule has 22 heavy (non-hydrogen) atoms. The third-order valence-corrected chi connectivity index (χ3v) is 5.35. The first kappa shape index (κ1) is 16.9. The molecular formula is C16H21O5P. The van der Waals surface area contributed by atoms with Crippen LogP contribution in [0.25, 0.3) is 11.0 Å². The van der Waals surface area contributed by atoms with Gasteiger partial charge in [0.1, 0.15) is 5.58 Å². The van der Waals surface area contributed by atoms with Crippen LogP contribution in [0.4, 0.5) is 0 Å². The molecule has 0 amide bonds. The molecule has 120 valence electrons. The van der Waals surface area contributed by atoms with E-state index in [0.717, 1.165) is 17.4 Å². The Morgan fingerprint density at radius 1 is 1.09 bits per heavy atom. The molecule has 0 aliphatic carbocycles. The Kier molecular flexibility index (Phi) is 5.57. The highest BCUT2D eigenvalue weighted by molar-refractivity contribution is 7.53. The van der Waals surface area contributed by atoms with E-state index in [0.29, 0.717) is 11.1 Å². The van der Waals surface area contributed by atoms with Crippen LogP contribution in [0, 0.1) is 0 Å². The molecule has 0 spiro atoms. The van der Waals surface area contributed by atoms with Crippen molar-refractivity contribution in [1.29, 1.82) is 0 Å². The largest absolute Gasteiger partial charge is 0.423 e. The van der Waals surface area contributed by atoms with Crippen molar-refractivity contribution in [2.75, 3.05) is 13.2 Å². The van der Waals surface area contributed by atoms with Gasteiger partial charge in [0, 0.05) is 11.5 Å². The monoisotopic (exact) mass is 324 g/mol. The molecule has 0 saturated heterocycles. The van der Waals surface area contributed by atoms with Crippen LogP contribution in [0.1, 0.15) is 31.9 Å². The Balaban J connectivity index is 2.53. The Bertz CT molecular complexity index is 740. The first-order chi connectivity index (χ1) is 10.5. The van der Waals surface area contributed by atoms with Crippen molar-refractivity contribution >= 4 is 18.6 Å². The lowest BCUT2D eigenvalue weighted by molar-refractivity contribution is 0.219. The second kappa shape index (κ2) is 7.23. The van der Waals surface area contributed by atoms with Crippen LogP contribution >= 0.6 is 7.60 Å². The van der Waals surface area contributed by atoms with E-state index in [1.54, 1.807) is 19.9 Å². The fourth-order valence-corrected chi connectivity index (χ4v) is 4.08. The van der Waals surface area contributed by atoms with Gasteiger partial charge in [-0.1, -0.05) is 13.0 Å². The first-order valence-corrected chi connectivity index (χ1v) is 9.18. The number of rotatable bonds is 7. The first-order valence-electron chi connectivity index (χ1n) is 7.45. The predicted octanol–water partition coefficient (Wildman–Crippen LogP) is 4.12. The van der Waals surface area contributed by atoms with E-state index in [9.17, 15) is 9.36 Å². The lowest BCUT2D eigenvalue weighted by Crippen LogP contribution is -2.04. The summed E-state index contributed by atoms with van der Waals surface area (Å²) in [5.41, 5.74) is 1.77. The van der Waals surface area contributed by atoms with E-state index >= 15 is 0 Å². The summed E-state index contributed by atoms with van der Waals surface area (Å²) in [6.45, 7) is 6.15. The van der Waals surface area contributed by atoms with Gasteiger partial charge in [-0.05, 0) is 43.5 Å². The van der Waals surface area contributed by atoms with Crippen LogP contribution in [0.5, 0.6) is 0 Å². The maximum Gasteiger partial charge on any atom is 0.336 e. The topological polar surface area (TPSA) is 65.7 Å². The fraction of sp³-hybridized carbons (Fsp3) is 0.438. The highest BCUT2D eigenvalue weighted by atomic mass is 31.2. The zero-order valence-electron chi connectivity index (χ0n) is 13.1. The molecule has 0 N–H and O–H groups in total. The molecule has 1 aromatic heterocycles. The highest BCUT2D eigenvalue weighted by Gasteiger charge is 2.25. The predicted molar refractivity (Wildman–Crippen MR) is 86.4 cm³/mol. The third-order valence-electron chi connectivity index (χ3n) is 3.32. The molecule has 0 saturated carbocycles. The molecule has 0 bridgehead atoms. The SMILES string of the molecule is CCOP(=O)(Cc1cc(=O)oc2ccc(CC)cc12)OCC. The molecule has 0 unspecified atom stereocenters. The van der Waals surface area contributed by atoms with Crippen LogP contribution in [0.2, 0.25) is 0 Å². The van der Waals surface area contributed by atoms with E-state index in [1.807, 2.05) is 19.1 Å². The van der Waals surface area contributed by atoms with Crippen LogP contribution in [-0.4, -0.2) is 13.2 Å². The minimum Gasteiger partial charge on any atom is -0.423 e. The van der Waals surface area contributed by atoms with Gasteiger partial charge in [0.05, 0.1) is 19.4 Å². The Morgan fingerprint density at radius 2 is 1.77 bits per heavy atom. The van der Waals surface area contributed by atoms with Gasteiger partial charge < -0.3 is 13.5 Å². The van der Waals surface area contributed by atoms with Crippen molar-refractivity contribution < 1.29 is 18.0 Å². The van der Waals surface area contributed by atoms with Crippen molar-refractivity contribution in [2.45, 2.75) is 33.4 Å². The minimum atomic E-state index is -3.27. The second-order valence-electron chi connectivity index (χ2n) is 4.88. The zero-order chi connectivity index (χ0) is 16.2. The molecule has 0 aliphatic rings. The highest BCUT2D eigenvalue weighted by Crippen LogP contribution is 2.51. The van der Waals surface area contributed by atoms with Gasteiger partial charge >= 0.3 is 13.2 Å². The molecule has 2 aromatic rings. The van der Waals surface area contributed by atoms with Gasteiger partial charge in [0.2, 0.25) is 0 Å². The summed E-state index contributed by atoms with van der Waals surface area (Å²) in [5.74, 6) is 0. The molecule has 1 heterocycles. The third kappa shape index (κ3) is 3.86. The maximum atomic E-state index is 12.7. The number of fused-ring (bicyclic) bond motifs is 1. The van der Waals surface area contributed by atoms with E-state index in [4.69, 9.17) is 13.5 Å². The van der Waals surface area contributed by atoms with Crippen molar-refractivity contribution in [1.82, 2.24) is 0 Å². The molecule has 0 aliphatic heterocycles. The van der Waals surface area contributed by atoms with Gasteiger partial charge in [0.25, 0.3) is 0 Å². The van der Waals surface area contributed by atoms with Gasteiger partial charge in [-0.3, -0.25) is 4.57 Å². The lowest BCUT2D eigenvalue weighted by atomic mass is 10.1. The molecule has 5 nitrogen and oxygen atoms in total. The Morgan fingerprint density at radius 3 is 2.36 bits per heavy atom. The summed E-state index contributed by atoms with van der Waals surface area (Å²) in [5, 5.41) is 0.776. The molecule has 0 atom stereocenters. The van der Waals surface area contributed by atoms with Gasteiger partial charge in [-0.15, -0.1) is 0 Å². The molecule has 6 heteroatoms. The van der Waals surface area contributed by atoms with E-state index < -0.39 is 13.2 Å². The number of hydrogen-bond donors (Lipinski definition) is 0. The summed E-state index contributed by atoms with van der Waals surface area (Å²) >= 11 is 0. The zero-order valence-corrected chi connectivity index (χ0v) is 14.0. The smallest absolute Gasteiger partial charge is 0.336 e. The molecule has 2 rings (SSSR count). The standard InChI is InChI=1S/C16H21O5P/c1-4-12-7-8-15-14(9-12)13(10-16(17)21-15)11-22(18,19-5-2)20-6-3/h7-10H,4-6,11H2,1-3H3. The summed E-state index contributed by atoms with van der Waals surface area (Å²) in [6.07, 6.45) is 0.924. The molecule has 0 fully saturated rings. The summed E-state index contributed by atoms with van der Waals surface area (Å²) < 4.78 is 28.6. The average Bonchev–Trinajstić information content (AvgIpc) is 2.47. The second-order valence-corrected chi connectivity index (χ2v) is 6.93. The van der Waals surface area contributed by atoms with Crippen molar-refractivity contribution in [3.63, 3.8) is 0 Å². The van der Waals surface area contributed by atoms with Crippen molar-refractivity contribution in [3.8, 4) is 0 Å². The van der Waals surface area contributed by atoms with E-state index in [2.05, 4.69) is 0 Å². The lowest BCUT2D eigenvalue weighted by Gasteiger charge is -2.17. The van der Waals surface area contributed by atoms with Gasteiger partial charge in [0.15, 0.2) is 0 Å². The molecule has 0 radical (unpaired) electrons. The van der Waals surface area contributed by atoms with Gasteiger partial charge in [-0.25, -0.2) is 4.79 Å². The fourth-order valence-electron chi connectivity index (χ4n) is 2.36. The van der Waals surface area contributed by atoms with Crippen LogP contribution in [0.3, 0.4) is 0 Å². The van der Waals surface area contributed by atoms with Crippen molar-refractivity contribution in [3.05, 3.63) is 45.8 Å². The Hall–Kier alpha value is -1.42. The molecule has 1 aromatic carbocycles. The van der Waals surface area contributed by atoms with E-state index in [-0.39, 0.29) is 19.4 Å². The number of aryl methyl sites for hydroxylation is 1. The van der Waals surface area contributed by atoms with Crippen molar-refractivity contribution in [2.24, 2.45) is 0 Å². The summed E-state index contributed by atoms with van der Waals surface area (Å²) in [7, 11) is -3.27. The Labute approximate surface area is 129 Å². The van der Waals surface area contributed by atoms with E-state index in [1.165, 1.54) is 6.07 Å². The summed E-state index contributed by atoms with van der Waals surface area (Å²) in [6, 6.07) is 7.01. The van der Waals surface area contributed by atoms with Crippen LogP contribution < -0.4 is 5.63 Å². The van der Waals surface area contributed by atoms with Crippen LogP contribution in [-0.2, 0) is 26.2 Å². The average molecular weight is 324 g/mol. The van der Waals surface area contributed by atoms with Crippen LogP contribution in [0.15, 0.2) is 33.5 Å². The molecular weight excluding hydrogens is 303 g/mol. The quantitative estimate of drug-likeness (QED) is 0.566. The maximum absolute atomic E-state index is 12.7. The minimum absolute atomic E-state index is 0.0595. The van der Waals surface area contributed by atoms with Gasteiger partial charge in [-0.2, -0.15) is 0 Å². The number of benzene rings is 1. The normalized spacial score (nSPS) is 12.0.